The second-order valence-electron chi connectivity index (χ2n) is 4.18. The Kier molecular flexibility index (Phi) is 5.32. The first-order valence-corrected chi connectivity index (χ1v) is 4.64. The van der Waals surface area contributed by atoms with Crippen molar-refractivity contribution in [2.24, 2.45) is 5.41 Å². The number of hydrogen-bond acceptors (Lipinski definition) is 2. The maximum Gasteiger partial charge on any atom is 0.413 e. The third-order valence-electron chi connectivity index (χ3n) is 1.86. The number of carbonyl (C=O) groups is 1. The molecule has 0 aromatic heterocycles. The van der Waals surface area contributed by atoms with Gasteiger partial charge in [-0.2, -0.15) is 4.79 Å². The van der Waals surface area contributed by atoms with Gasteiger partial charge in [0.15, 0.2) is 0 Å². The van der Waals surface area contributed by atoms with E-state index in [4.69, 9.17) is 10.3 Å². The van der Waals surface area contributed by atoms with Crippen molar-refractivity contribution in [1.29, 1.82) is 0 Å². The second-order valence-corrected chi connectivity index (χ2v) is 4.18. The predicted octanol–water partition coefficient (Wildman–Crippen LogP) is 1.98. The molecule has 0 amide bonds. The molecule has 0 radical (unpaired) electrons. The van der Waals surface area contributed by atoms with Gasteiger partial charge in [0.2, 0.25) is 0 Å². The Bertz CT molecular complexity index is 316. The van der Waals surface area contributed by atoms with Crippen molar-refractivity contribution >= 4 is 12.2 Å². The van der Waals surface area contributed by atoms with Gasteiger partial charge in [-0.05, 0) is 11.5 Å². The van der Waals surface area contributed by atoms with Gasteiger partial charge in [-0.1, -0.05) is 27.4 Å². The zero-order valence-corrected chi connectivity index (χ0v) is 9.36. The summed E-state index contributed by atoms with van der Waals surface area (Å²) in [5.74, 6) is -0.658. The van der Waals surface area contributed by atoms with Crippen LogP contribution in [-0.4, -0.2) is 23.1 Å². The van der Waals surface area contributed by atoms with Crippen molar-refractivity contribution in [1.82, 2.24) is 0 Å². The highest BCUT2D eigenvalue weighted by atomic mass is 16.5. The molecule has 0 N–H and O–H groups in total. The van der Waals surface area contributed by atoms with Gasteiger partial charge in [-0.25, -0.2) is 4.79 Å². The Morgan fingerprint density at radius 1 is 1.67 bits per heavy atom. The molecular weight excluding hydrogens is 192 g/mol. The van der Waals surface area contributed by atoms with Gasteiger partial charge in [-0.15, -0.1) is 5.73 Å². The molecule has 0 aromatic rings. The lowest BCUT2D eigenvalue weighted by atomic mass is 9.87. The van der Waals surface area contributed by atoms with Gasteiger partial charge in [0.1, 0.15) is 6.10 Å². The normalized spacial score (nSPS) is 11.9. The van der Waals surface area contributed by atoms with E-state index in [-0.39, 0.29) is 11.5 Å². The van der Waals surface area contributed by atoms with Gasteiger partial charge in [-0.3, -0.25) is 0 Å². The van der Waals surface area contributed by atoms with Crippen molar-refractivity contribution in [3.05, 3.63) is 23.9 Å². The molecule has 0 aliphatic carbocycles. The van der Waals surface area contributed by atoms with Crippen molar-refractivity contribution < 1.29 is 14.3 Å². The number of hydrogen-bond donors (Lipinski definition) is 0. The van der Waals surface area contributed by atoms with E-state index in [1.165, 1.54) is 0 Å². The Balaban J connectivity index is 4.57. The summed E-state index contributed by atoms with van der Waals surface area (Å²) >= 11 is 0. The molecule has 15 heavy (non-hydrogen) atoms. The minimum Gasteiger partial charge on any atom is -0.453 e. The third-order valence-corrected chi connectivity index (χ3v) is 1.86. The Morgan fingerprint density at radius 2 is 2.27 bits per heavy atom. The summed E-state index contributed by atoms with van der Waals surface area (Å²) in [4.78, 5) is 13.7. The van der Waals surface area contributed by atoms with Crippen LogP contribution in [0, 0.1) is 5.41 Å². The molecule has 82 valence electrons. The van der Waals surface area contributed by atoms with Crippen LogP contribution >= 0.6 is 0 Å². The van der Waals surface area contributed by atoms with E-state index >= 15 is 0 Å². The molecule has 0 spiro atoms. The molecule has 0 saturated heterocycles. The predicted molar refractivity (Wildman–Crippen MR) is 57.3 cm³/mol. The lowest BCUT2D eigenvalue weighted by Crippen LogP contribution is -2.31. The van der Waals surface area contributed by atoms with Crippen LogP contribution in [0.25, 0.3) is 5.53 Å². The molecule has 0 bridgehead atoms. The summed E-state index contributed by atoms with van der Waals surface area (Å²) in [6.07, 6.45) is 2.69. The monoisotopic (exact) mass is 208 g/mol. The molecule has 0 fully saturated rings. The molecule has 4 heteroatoms. The van der Waals surface area contributed by atoms with Crippen molar-refractivity contribution in [3.63, 3.8) is 0 Å². The minimum atomic E-state index is -0.658. The summed E-state index contributed by atoms with van der Waals surface area (Å²) in [5.41, 5.74) is 10.6. The summed E-state index contributed by atoms with van der Waals surface area (Å²) in [6, 6.07) is 0. The molecule has 0 saturated carbocycles. The maximum absolute atomic E-state index is 11.1. The van der Waals surface area contributed by atoms with Crippen LogP contribution in [-0.2, 0) is 9.53 Å². The van der Waals surface area contributed by atoms with Crippen LogP contribution in [0.5, 0.6) is 0 Å². The number of nitrogens with zero attached hydrogens (tertiary/aromatic N) is 2. The molecule has 1 atom stereocenters. The summed E-state index contributed by atoms with van der Waals surface area (Å²) in [6.45, 7) is 9.31. The Labute approximate surface area is 89.9 Å². The highest BCUT2D eigenvalue weighted by molar-refractivity contribution is 6.20. The van der Waals surface area contributed by atoms with Crippen LogP contribution in [0.4, 0.5) is 0 Å². The summed E-state index contributed by atoms with van der Waals surface area (Å²) in [7, 11) is 0. The van der Waals surface area contributed by atoms with Crippen LogP contribution in [0.3, 0.4) is 0 Å². The second kappa shape index (κ2) is 5.97. The van der Waals surface area contributed by atoms with E-state index in [2.05, 4.69) is 17.1 Å². The largest absolute Gasteiger partial charge is 0.453 e. The SMILES string of the molecule is C=C=CCC(OC(=O)C=[N+]=[N-])C(C)(C)C. The molecule has 0 aliphatic heterocycles. The van der Waals surface area contributed by atoms with E-state index < -0.39 is 5.97 Å². The zero-order chi connectivity index (χ0) is 11.9. The lowest BCUT2D eigenvalue weighted by Gasteiger charge is -2.28. The fourth-order valence-corrected chi connectivity index (χ4v) is 0.987. The van der Waals surface area contributed by atoms with E-state index in [9.17, 15) is 4.79 Å². The third kappa shape index (κ3) is 5.63. The first-order valence-electron chi connectivity index (χ1n) is 4.64. The van der Waals surface area contributed by atoms with Crippen molar-refractivity contribution in [3.8, 4) is 0 Å². The minimum absolute atomic E-state index is 0.188. The fraction of sp³-hybridized carbons (Fsp3) is 0.545. The van der Waals surface area contributed by atoms with Crippen LogP contribution in [0.1, 0.15) is 27.2 Å². The average Bonchev–Trinajstić information content (AvgIpc) is 2.10. The van der Waals surface area contributed by atoms with Crippen LogP contribution in [0.2, 0.25) is 0 Å². The van der Waals surface area contributed by atoms with E-state index in [1.807, 2.05) is 20.8 Å². The highest BCUT2D eigenvalue weighted by Gasteiger charge is 2.27. The molecule has 4 nitrogen and oxygen atoms in total. The Morgan fingerprint density at radius 3 is 2.67 bits per heavy atom. The van der Waals surface area contributed by atoms with Gasteiger partial charge >= 0.3 is 12.2 Å². The van der Waals surface area contributed by atoms with Crippen LogP contribution in [0.15, 0.2) is 18.4 Å². The van der Waals surface area contributed by atoms with E-state index in [1.54, 1.807) is 6.08 Å². The summed E-state index contributed by atoms with van der Waals surface area (Å²) in [5, 5.41) is 0. The number of carbonyl (C=O) groups excluding carboxylic acids is 1. The first kappa shape index (κ1) is 13.4. The molecule has 1 unspecified atom stereocenters. The van der Waals surface area contributed by atoms with Gasteiger partial charge in [0.25, 0.3) is 0 Å². The van der Waals surface area contributed by atoms with Gasteiger partial charge in [0.05, 0.1) is 0 Å². The first-order chi connectivity index (χ1) is 6.91. The lowest BCUT2D eigenvalue weighted by molar-refractivity contribution is -0.149. The quantitative estimate of drug-likeness (QED) is 0.233. The average molecular weight is 208 g/mol. The number of ether oxygens (including phenoxy) is 1. The number of rotatable bonds is 4. The molecule has 0 heterocycles. The topological polar surface area (TPSA) is 62.7 Å². The smallest absolute Gasteiger partial charge is 0.413 e. The van der Waals surface area contributed by atoms with E-state index in [0.717, 1.165) is 6.21 Å². The van der Waals surface area contributed by atoms with E-state index in [0.29, 0.717) is 6.42 Å². The standard InChI is InChI=1S/C11H16N2O2/c1-5-6-7-9(11(2,3)4)15-10(14)8-13-12/h6,8-9H,1,7H2,2-4H3. The number of esters is 1. The molecular formula is C11H16N2O2. The molecule has 0 aromatic carbocycles. The van der Waals surface area contributed by atoms with Gasteiger partial charge < -0.3 is 10.3 Å². The summed E-state index contributed by atoms with van der Waals surface area (Å²) < 4.78 is 5.11. The van der Waals surface area contributed by atoms with Crippen LogP contribution < -0.4 is 0 Å². The fourth-order valence-electron chi connectivity index (χ4n) is 0.987. The zero-order valence-electron chi connectivity index (χ0n) is 9.36. The molecule has 0 aliphatic rings. The Hall–Kier alpha value is -1.63. The van der Waals surface area contributed by atoms with Gasteiger partial charge in [0, 0.05) is 6.42 Å². The molecule has 0 rings (SSSR count). The highest BCUT2D eigenvalue weighted by Crippen LogP contribution is 2.25. The van der Waals surface area contributed by atoms with Crippen molar-refractivity contribution in [2.45, 2.75) is 33.3 Å². The maximum atomic E-state index is 11.1. The van der Waals surface area contributed by atoms with Crippen molar-refractivity contribution in [2.75, 3.05) is 0 Å².